The summed E-state index contributed by atoms with van der Waals surface area (Å²) in [6.45, 7) is 5.06. The maximum atomic E-state index is 12.2. The van der Waals surface area contributed by atoms with E-state index in [1.165, 1.54) is 36.0 Å². The first-order valence-electron chi connectivity index (χ1n) is 8.80. The second kappa shape index (κ2) is 6.80. The quantitative estimate of drug-likeness (QED) is 0.886. The third-order valence-electron chi connectivity index (χ3n) is 5.45. The van der Waals surface area contributed by atoms with Crippen LogP contribution in [0, 0.1) is 13.8 Å². The van der Waals surface area contributed by atoms with Gasteiger partial charge in [-0.2, -0.15) is 5.10 Å². The van der Waals surface area contributed by atoms with Gasteiger partial charge in [0.1, 0.15) is 0 Å². The third kappa shape index (κ3) is 3.53. The number of hydrogen-bond acceptors (Lipinski definition) is 2. The molecule has 0 unspecified atom stereocenters. The molecule has 0 aliphatic heterocycles. The zero-order chi connectivity index (χ0) is 17.2. The van der Waals surface area contributed by atoms with Gasteiger partial charge in [0.2, 0.25) is 5.91 Å². The molecule has 1 amide bonds. The van der Waals surface area contributed by atoms with E-state index in [-0.39, 0.29) is 11.3 Å². The maximum absolute atomic E-state index is 12.2. The Labute approximate surface area is 144 Å². The molecular formula is C20H27N3O. The van der Waals surface area contributed by atoms with Gasteiger partial charge in [-0.15, -0.1) is 0 Å². The fourth-order valence-electron chi connectivity index (χ4n) is 3.46. The monoisotopic (exact) mass is 325 g/mol. The van der Waals surface area contributed by atoms with Gasteiger partial charge in [0.05, 0.1) is 6.20 Å². The summed E-state index contributed by atoms with van der Waals surface area (Å²) in [5.41, 5.74) is 5.29. The van der Waals surface area contributed by atoms with Crippen LogP contribution in [0.3, 0.4) is 0 Å². The number of aryl methyl sites for hydroxylation is 4. The summed E-state index contributed by atoms with van der Waals surface area (Å²) >= 11 is 0. The van der Waals surface area contributed by atoms with Crippen molar-refractivity contribution < 1.29 is 4.79 Å². The van der Waals surface area contributed by atoms with Crippen molar-refractivity contribution in [2.24, 2.45) is 7.05 Å². The van der Waals surface area contributed by atoms with Gasteiger partial charge in [-0.05, 0) is 55.4 Å². The first kappa shape index (κ1) is 16.7. The zero-order valence-electron chi connectivity index (χ0n) is 14.9. The van der Waals surface area contributed by atoms with Gasteiger partial charge >= 0.3 is 0 Å². The number of hydrogen-bond donors (Lipinski definition) is 1. The van der Waals surface area contributed by atoms with E-state index in [4.69, 9.17) is 0 Å². The molecule has 3 rings (SSSR count). The van der Waals surface area contributed by atoms with Crippen molar-refractivity contribution in [2.75, 3.05) is 6.54 Å². The lowest BCUT2D eigenvalue weighted by atomic mass is 9.64. The average molecular weight is 325 g/mol. The molecule has 1 aliphatic carbocycles. The summed E-state index contributed by atoms with van der Waals surface area (Å²) in [6.07, 6.45) is 8.64. The average Bonchev–Trinajstić information content (AvgIpc) is 2.93. The van der Waals surface area contributed by atoms with E-state index in [1.54, 1.807) is 4.68 Å². The molecule has 2 aromatic rings. The highest BCUT2D eigenvalue weighted by Gasteiger charge is 2.38. The largest absolute Gasteiger partial charge is 0.355 e. The van der Waals surface area contributed by atoms with E-state index < -0.39 is 0 Å². The van der Waals surface area contributed by atoms with Crippen LogP contribution in [0.15, 0.2) is 30.6 Å². The summed E-state index contributed by atoms with van der Waals surface area (Å²) in [5.74, 6) is 0.133. The zero-order valence-corrected chi connectivity index (χ0v) is 14.9. The van der Waals surface area contributed by atoms with Gasteiger partial charge in [-0.3, -0.25) is 9.48 Å². The number of benzene rings is 1. The molecule has 1 aliphatic rings. The van der Waals surface area contributed by atoms with Crippen molar-refractivity contribution in [3.05, 3.63) is 52.8 Å². The standard InChI is InChI=1S/C20H27N3O/c1-15-5-7-18(11-16(15)2)20(9-4-10-20)14-21-19(24)8-6-17-12-22-23(3)13-17/h5,7,11-13H,4,6,8-10,14H2,1-3H3,(H,21,24). The van der Waals surface area contributed by atoms with Crippen molar-refractivity contribution in [1.82, 2.24) is 15.1 Å². The highest BCUT2D eigenvalue weighted by atomic mass is 16.1. The van der Waals surface area contributed by atoms with Crippen molar-refractivity contribution in [2.45, 2.75) is 51.4 Å². The summed E-state index contributed by atoms with van der Waals surface area (Å²) in [6, 6.07) is 6.74. The van der Waals surface area contributed by atoms with E-state index in [0.717, 1.165) is 18.5 Å². The molecule has 0 radical (unpaired) electrons. The predicted molar refractivity (Wildman–Crippen MR) is 96.0 cm³/mol. The molecule has 24 heavy (non-hydrogen) atoms. The Morgan fingerprint density at radius 2 is 2.08 bits per heavy atom. The number of aromatic nitrogens is 2. The molecule has 0 atom stereocenters. The van der Waals surface area contributed by atoms with Crippen LogP contribution in [0.1, 0.15) is 47.9 Å². The van der Waals surface area contributed by atoms with Gasteiger partial charge in [0.15, 0.2) is 0 Å². The minimum absolute atomic E-state index is 0.133. The molecule has 4 heteroatoms. The fourth-order valence-corrected chi connectivity index (χ4v) is 3.46. The van der Waals surface area contributed by atoms with Crippen molar-refractivity contribution in [3.8, 4) is 0 Å². The molecule has 1 fully saturated rings. The Bertz CT molecular complexity index is 728. The van der Waals surface area contributed by atoms with Crippen LogP contribution in [-0.2, 0) is 23.7 Å². The fraction of sp³-hybridized carbons (Fsp3) is 0.500. The van der Waals surface area contributed by atoms with Gasteiger partial charge < -0.3 is 5.32 Å². The maximum Gasteiger partial charge on any atom is 0.220 e. The summed E-state index contributed by atoms with van der Waals surface area (Å²) in [7, 11) is 1.90. The Balaban J connectivity index is 1.57. The SMILES string of the molecule is Cc1ccc(C2(CNC(=O)CCc3cnn(C)c3)CCC2)cc1C. The number of nitrogens with one attached hydrogen (secondary N) is 1. The number of nitrogens with zero attached hydrogens (tertiary/aromatic N) is 2. The van der Waals surface area contributed by atoms with Crippen LogP contribution in [0.2, 0.25) is 0 Å². The number of amides is 1. The summed E-state index contributed by atoms with van der Waals surface area (Å²) in [4.78, 5) is 12.2. The molecule has 0 spiro atoms. The molecule has 4 nitrogen and oxygen atoms in total. The lowest BCUT2D eigenvalue weighted by Gasteiger charge is -2.43. The second-order valence-electron chi connectivity index (χ2n) is 7.23. The van der Waals surface area contributed by atoms with E-state index in [1.807, 2.05) is 19.4 Å². The Kier molecular flexibility index (Phi) is 4.74. The predicted octanol–water partition coefficient (Wildman–Crippen LogP) is 3.21. The minimum atomic E-state index is 0.133. The van der Waals surface area contributed by atoms with Crippen molar-refractivity contribution >= 4 is 5.91 Å². The van der Waals surface area contributed by atoms with Crippen molar-refractivity contribution in [1.29, 1.82) is 0 Å². The molecule has 1 heterocycles. The Morgan fingerprint density at radius 1 is 1.29 bits per heavy atom. The van der Waals surface area contributed by atoms with Gasteiger partial charge in [-0.25, -0.2) is 0 Å². The molecule has 1 aromatic heterocycles. The topological polar surface area (TPSA) is 46.9 Å². The Morgan fingerprint density at radius 3 is 2.67 bits per heavy atom. The van der Waals surface area contributed by atoms with Crippen LogP contribution in [-0.4, -0.2) is 22.2 Å². The molecule has 1 saturated carbocycles. The highest BCUT2D eigenvalue weighted by Crippen LogP contribution is 2.43. The van der Waals surface area contributed by atoms with E-state index >= 15 is 0 Å². The normalized spacial score (nSPS) is 15.8. The number of carbonyl (C=O) groups excluding carboxylic acids is 1. The van der Waals surface area contributed by atoms with Crippen LogP contribution in [0.4, 0.5) is 0 Å². The molecule has 0 saturated heterocycles. The molecule has 1 aromatic carbocycles. The highest BCUT2D eigenvalue weighted by molar-refractivity contribution is 5.76. The number of carbonyl (C=O) groups is 1. The lowest BCUT2D eigenvalue weighted by Crippen LogP contribution is -2.45. The van der Waals surface area contributed by atoms with Gasteiger partial charge in [-0.1, -0.05) is 24.6 Å². The molecule has 0 bridgehead atoms. The summed E-state index contributed by atoms with van der Waals surface area (Å²) < 4.78 is 1.77. The molecule has 128 valence electrons. The Hall–Kier alpha value is -2.10. The van der Waals surface area contributed by atoms with E-state index in [9.17, 15) is 4.79 Å². The molecular weight excluding hydrogens is 298 g/mol. The van der Waals surface area contributed by atoms with Crippen LogP contribution < -0.4 is 5.32 Å². The smallest absolute Gasteiger partial charge is 0.220 e. The van der Waals surface area contributed by atoms with Crippen LogP contribution in [0.5, 0.6) is 0 Å². The second-order valence-corrected chi connectivity index (χ2v) is 7.23. The first-order valence-corrected chi connectivity index (χ1v) is 8.80. The third-order valence-corrected chi connectivity index (χ3v) is 5.45. The first-order chi connectivity index (χ1) is 11.5. The molecule has 1 N–H and O–H groups in total. The van der Waals surface area contributed by atoms with Crippen molar-refractivity contribution in [3.63, 3.8) is 0 Å². The lowest BCUT2D eigenvalue weighted by molar-refractivity contribution is -0.121. The van der Waals surface area contributed by atoms with Crippen LogP contribution >= 0.6 is 0 Å². The van der Waals surface area contributed by atoms with Crippen LogP contribution in [0.25, 0.3) is 0 Å². The number of rotatable bonds is 6. The summed E-state index contributed by atoms with van der Waals surface area (Å²) in [5, 5.41) is 7.31. The van der Waals surface area contributed by atoms with Gasteiger partial charge in [0, 0.05) is 31.6 Å². The van der Waals surface area contributed by atoms with E-state index in [2.05, 4.69) is 42.5 Å². The van der Waals surface area contributed by atoms with E-state index in [0.29, 0.717) is 6.42 Å². The van der Waals surface area contributed by atoms with Gasteiger partial charge in [0.25, 0.3) is 0 Å². The minimum Gasteiger partial charge on any atom is -0.355 e.